The molecule has 0 aliphatic carbocycles. The third-order valence-corrected chi connectivity index (χ3v) is 4.76. The standard InChI is InChI=1S/C18H14IN5O2/c1-11-21-22-16(25)10-23(11)24-17(12-5-3-2-4-6-12)20-15-8-7-13(19)9-14(15)18(24)26/h2-9H,10H2,1H3,(H,22,25). The van der Waals surface area contributed by atoms with Gasteiger partial charge in [-0.2, -0.15) is 9.78 Å². The number of nitrogens with one attached hydrogen (secondary N) is 1. The van der Waals surface area contributed by atoms with Gasteiger partial charge < -0.3 is 0 Å². The Hall–Kier alpha value is -2.75. The van der Waals surface area contributed by atoms with Crippen LogP contribution in [-0.4, -0.2) is 27.9 Å². The zero-order chi connectivity index (χ0) is 18.3. The summed E-state index contributed by atoms with van der Waals surface area (Å²) >= 11 is 2.16. The van der Waals surface area contributed by atoms with E-state index in [9.17, 15) is 9.59 Å². The Morgan fingerprint density at radius 3 is 2.65 bits per heavy atom. The summed E-state index contributed by atoms with van der Waals surface area (Å²) in [5.41, 5.74) is 3.58. The zero-order valence-corrected chi connectivity index (χ0v) is 16.0. The van der Waals surface area contributed by atoms with Crippen molar-refractivity contribution in [1.29, 1.82) is 0 Å². The molecule has 0 saturated carbocycles. The van der Waals surface area contributed by atoms with Crippen molar-refractivity contribution in [1.82, 2.24) is 15.1 Å². The van der Waals surface area contributed by atoms with Crippen LogP contribution in [0.5, 0.6) is 0 Å². The maximum absolute atomic E-state index is 13.3. The topological polar surface area (TPSA) is 79.6 Å². The van der Waals surface area contributed by atoms with Crippen molar-refractivity contribution in [2.45, 2.75) is 6.92 Å². The van der Waals surface area contributed by atoms with Crippen molar-refractivity contribution in [3.8, 4) is 11.4 Å². The Morgan fingerprint density at radius 2 is 1.88 bits per heavy atom. The van der Waals surface area contributed by atoms with E-state index in [1.54, 1.807) is 18.0 Å². The monoisotopic (exact) mass is 459 g/mol. The maximum Gasteiger partial charge on any atom is 0.280 e. The Bertz CT molecular complexity index is 1110. The molecule has 2 aromatic carbocycles. The van der Waals surface area contributed by atoms with Crippen LogP contribution < -0.4 is 16.0 Å². The molecule has 0 atom stereocenters. The number of halogens is 1. The second-order valence-electron chi connectivity index (χ2n) is 5.83. The minimum absolute atomic E-state index is 0.00775. The lowest BCUT2D eigenvalue weighted by Crippen LogP contribution is -2.54. The van der Waals surface area contributed by atoms with Gasteiger partial charge in [-0.3, -0.25) is 14.6 Å². The van der Waals surface area contributed by atoms with Gasteiger partial charge in [0.2, 0.25) is 0 Å². The number of hydrogen-bond donors (Lipinski definition) is 1. The molecule has 0 fully saturated rings. The number of hydrazone groups is 1. The van der Waals surface area contributed by atoms with Crippen LogP contribution >= 0.6 is 22.6 Å². The Labute approximate surface area is 162 Å². The fraction of sp³-hybridized carbons (Fsp3) is 0.111. The molecule has 1 aliphatic heterocycles. The molecular formula is C18H14IN5O2. The summed E-state index contributed by atoms with van der Waals surface area (Å²) in [6, 6.07) is 15.0. The third kappa shape index (κ3) is 2.85. The van der Waals surface area contributed by atoms with E-state index >= 15 is 0 Å². The normalized spacial score (nSPS) is 14.3. The molecule has 130 valence electrons. The Balaban J connectivity index is 2.07. The summed E-state index contributed by atoms with van der Waals surface area (Å²) in [5.74, 6) is 0.688. The first-order valence-corrected chi connectivity index (χ1v) is 9.01. The molecule has 1 aliphatic rings. The minimum atomic E-state index is -0.288. The van der Waals surface area contributed by atoms with Gasteiger partial charge in [-0.15, -0.1) is 0 Å². The van der Waals surface area contributed by atoms with Crippen LogP contribution in [0.3, 0.4) is 0 Å². The molecule has 0 saturated heterocycles. The molecule has 1 N–H and O–H groups in total. The molecule has 7 nitrogen and oxygen atoms in total. The second-order valence-corrected chi connectivity index (χ2v) is 7.08. The van der Waals surface area contributed by atoms with E-state index in [1.165, 1.54) is 4.68 Å². The third-order valence-electron chi connectivity index (χ3n) is 4.09. The number of amidine groups is 1. The van der Waals surface area contributed by atoms with Crippen LogP contribution in [0, 0.1) is 3.57 Å². The molecule has 1 amide bonds. The van der Waals surface area contributed by atoms with Crippen molar-refractivity contribution in [3.63, 3.8) is 0 Å². The number of carbonyl (C=O) groups is 1. The molecule has 1 aromatic heterocycles. The van der Waals surface area contributed by atoms with E-state index in [0.717, 1.165) is 9.13 Å². The van der Waals surface area contributed by atoms with Crippen molar-refractivity contribution in [2.24, 2.45) is 5.10 Å². The lowest BCUT2D eigenvalue weighted by molar-refractivity contribution is -0.120. The number of nitrogens with zero attached hydrogens (tertiary/aromatic N) is 4. The van der Waals surface area contributed by atoms with Gasteiger partial charge in [-0.25, -0.2) is 10.4 Å². The van der Waals surface area contributed by atoms with Gasteiger partial charge in [0.25, 0.3) is 11.5 Å². The number of aromatic nitrogens is 2. The van der Waals surface area contributed by atoms with Crippen LogP contribution in [-0.2, 0) is 4.79 Å². The van der Waals surface area contributed by atoms with E-state index in [-0.39, 0.29) is 18.0 Å². The summed E-state index contributed by atoms with van der Waals surface area (Å²) in [6.45, 7) is 1.73. The summed E-state index contributed by atoms with van der Waals surface area (Å²) < 4.78 is 2.38. The summed E-state index contributed by atoms with van der Waals surface area (Å²) in [7, 11) is 0. The molecule has 3 aromatic rings. The van der Waals surface area contributed by atoms with Gasteiger partial charge in [0, 0.05) is 9.13 Å². The number of hydrogen-bond acceptors (Lipinski definition) is 5. The molecule has 0 spiro atoms. The number of fused-ring (bicyclic) bond motifs is 1. The van der Waals surface area contributed by atoms with Gasteiger partial charge in [-0.1, -0.05) is 30.3 Å². The van der Waals surface area contributed by atoms with Crippen LogP contribution in [0.1, 0.15) is 6.92 Å². The molecular weight excluding hydrogens is 445 g/mol. The maximum atomic E-state index is 13.3. The lowest BCUT2D eigenvalue weighted by atomic mass is 10.2. The number of rotatable bonds is 2. The van der Waals surface area contributed by atoms with Gasteiger partial charge in [0.05, 0.1) is 10.9 Å². The first kappa shape index (κ1) is 16.7. The lowest BCUT2D eigenvalue weighted by Gasteiger charge is -2.29. The van der Waals surface area contributed by atoms with Gasteiger partial charge >= 0.3 is 0 Å². The molecule has 8 heteroatoms. The largest absolute Gasteiger partial charge is 0.280 e. The highest BCUT2D eigenvalue weighted by Crippen LogP contribution is 2.20. The number of carbonyl (C=O) groups excluding carboxylic acids is 1. The predicted octanol–water partition coefficient (Wildman–Crippen LogP) is 2.07. The first-order chi connectivity index (χ1) is 12.5. The Kier molecular flexibility index (Phi) is 4.19. The fourth-order valence-corrected chi connectivity index (χ4v) is 3.34. The van der Waals surface area contributed by atoms with Gasteiger partial charge in [-0.05, 0) is 47.7 Å². The summed E-state index contributed by atoms with van der Waals surface area (Å²) in [4.78, 5) is 29.9. The Morgan fingerprint density at radius 1 is 1.12 bits per heavy atom. The number of amides is 1. The van der Waals surface area contributed by atoms with Gasteiger partial charge in [0.15, 0.2) is 5.82 Å². The van der Waals surface area contributed by atoms with E-state index < -0.39 is 0 Å². The molecule has 0 radical (unpaired) electrons. The van der Waals surface area contributed by atoms with Crippen molar-refractivity contribution in [2.75, 3.05) is 11.6 Å². The smallest absolute Gasteiger partial charge is 0.271 e. The SMILES string of the molecule is CC1=NNC(=O)CN1n1c(-c2ccccc2)nc2ccc(I)cc2c1=O. The molecule has 0 bridgehead atoms. The van der Waals surface area contributed by atoms with E-state index in [4.69, 9.17) is 4.98 Å². The first-order valence-electron chi connectivity index (χ1n) is 7.93. The van der Waals surface area contributed by atoms with Gasteiger partial charge in [0.1, 0.15) is 12.4 Å². The van der Waals surface area contributed by atoms with Crippen molar-refractivity contribution < 1.29 is 4.79 Å². The van der Waals surface area contributed by atoms with Crippen LogP contribution in [0.25, 0.3) is 22.3 Å². The fourth-order valence-electron chi connectivity index (χ4n) is 2.85. The average Bonchev–Trinajstić information content (AvgIpc) is 2.65. The van der Waals surface area contributed by atoms with Crippen molar-refractivity contribution >= 4 is 45.2 Å². The molecule has 2 heterocycles. The van der Waals surface area contributed by atoms with Crippen LogP contribution in [0.15, 0.2) is 58.4 Å². The highest BCUT2D eigenvalue weighted by molar-refractivity contribution is 14.1. The summed E-state index contributed by atoms with van der Waals surface area (Å²) in [6.07, 6.45) is 0. The molecule has 26 heavy (non-hydrogen) atoms. The number of benzene rings is 2. The van der Waals surface area contributed by atoms with E-state index in [0.29, 0.717) is 22.6 Å². The predicted molar refractivity (Wildman–Crippen MR) is 108 cm³/mol. The van der Waals surface area contributed by atoms with Crippen LogP contribution in [0.2, 0.25) is 0 Å². The second kappa shape index (κ2) is 6.52. The highest BCUT2D eigenvalue weighted by Gasteiger charge is 2.24. The average molecular weight is 459 g/mol. The summed E-state index contributed by atoms with van der Waals surface area (Å²) in [5, 5.41) is 6.04. The van der Waals surface area contributed by atoms with Crippen LogP contribution in [0.4, 0.5) is 0 Å². The zero-order valence-electron chi connectivity index (χ0n) is 13.8. The molecule has 0 unspecified atom stereocenters. The van der Waals surface area contributed by atoms with E-state index in [1.807, 2.05) is 42.5 Å². The minimum Gasteiger partial charge on any atom is -0.271 e. The quantitative estimate of drug-likeness (QED) is 0.596. The van der Waals surface area contributed by atoms with Crippen molar-refractivity contribution in [3.05, 3.63) is 62.5 Å². The highest BCUT2D eigenvalue weighted by atomic mass is 127. The van der Waals surface area contributed by atoms with E-state index in [2.05, 4.69) is 33.1 Å². The molecule has 4 rings (SSSR count).